The Labute approximate surface area is 229 Å². The third-order valence-electron chi connectivity index (χ3n) is 8.14. The van der Waals surface area contributed by atoms with Gasteiger partial charge in [-0.1, -0.05) is 51.3 Å². The number of carbonyl (C=O) groups is 2. The smallest absolute Gasteiger partial charge is 0.314 e. The molecular formula is C27H40ClIN4O2. The number of nitrogens with two attached hydrogens (primary N) is 1. The van der Waals surface area contributed by atoms with E-state index in [9.17, 15) is 9.59 Å². The minimum Gasteiger partial charge on any atom is -0.351 e. The lowest BCUT2D eigenvalue weighted by molar-refractivity contribution is -0.141. The molecule has 0 bridgehead atoms. The van der Waals surface area contributed by atoms with Gasteiger partial charge in [-0.15, -0.1) is 0 Å². The second kappa shape index (κ2) is 11.1. The van der Waals surface area contributed by atoms with Gasteiger partial charge in [-0.05, 0) is 76.8 Å². The molecule has 8 heteroatoms. The molecule has 2 aliphatic heterocycles. The maximum Gasteiger partial charge on any atom is 0.314 e. The van der Waals surface area contributed by atoms with Crippen molar-refractivity contribution in [3.63, 3.8) is 0 Å². The molecule has 0 radical (unpaired) electrons. The first-order chi connectivity index (χ1) is 16.5. The molecule has 0 aromatic heterocycles. The van der Waals surface area contributed by atoms with Crippen LogP contribution in [0.5, 0.6) is 0 Å². The summed E-state index contributed by atoms with van der Waals surface area (Å²) < 4.78 is 1.09. The minimum atomic E-state index is -0.353. The molecule has 2 saturated heterocycles. The molecule has 0 spiro atoms. The Morgan fingerprint density at radius 1 is 1.09 bits per heavy atom. The summed E-state index contributed by atoms with van der Waals surface area (Å²) in [7, 11) is 0. The number of piperidine rings is 1. The van der Waals surface area contributed by atoms with E-state index in [1.807, 2.05) is 0 Å². The third kappa shape index (κ3) is 6.83. The number of carbonyl (C=O) groups excluding carboxylic acids is 2. The first kappa shape index (κ1) is 27.0. The normalized spacial score (nSPS) is 23.4. The van der Waals surface area contributed by atoms with Crippen molar-refractivity contribution in [2.45, 2.75) is 71.4 Å². The summed E-state index contributed by atoms with van der Waals surface area (Å²) in [5.74, 6) is 1.39. The Morgan fingerprint density at radius 2 is 1.77 bits per heavy atom. The Kier molecular flexibility index (Phi) is 8.58. The van der Waals surface area contributed by atoms with Crippen LogP contribution in [-0.4, -0.2) is 65.4 Å². The number of nitrogens with zero attached hydrogens (tertiary/aromatic N) is 3. The lowest BCUT2D eigenvalue weighted by Gasteiger charge is -2.50. The number of hydrogen-bond acceptors (Lipinski definition) is 3. The Balaban J connectivity index is 1.46. The van der Waals surface area contributed by atoms with E-state index in [1.54, 1.807) is 4.90 Å². The van der Waals surface area contributed by atoms with Crippen molar-refractivity contribution in [3.8, 4) is 0 Å². The topological polar surface area (TPSA) is 69.9 Å². The number of likely N-dealkylation sites (tertiary alicyclic amines) is 1. The van der Waals surface area contributed by atoms with Crippen LogP contribution in [0.4, 0.5) is 4.79 Å². The molecule has 6 nitrogen and oxygen atoms in total. The maximum atomic E-state index is 13.5. The van der Waals surface area contributed by atoms with Crippen LogP contribution in [0.3, 0.4) is 0 Å². The van der Waals surface area contributed by atoms with Gasteiger partial charge < -0.3 is 15.5 Å². The summed E-state index contributed by atoms with van der Waals surface area (Å²) >= 11 is 8.82. The SMILES string of the molecule is CC(C)(C)[C@H]1CN(C(CC2CC2)c2ccc(I)c(Cl)c2)CCN1C(=O)CC1CCN(C(N)=O)CC1. The minimum absolute atomic E-state index is 0.0164. The number of urea groups is 1. The fourth-order valence-corrected chi connectivity index (χ4v) is 6.26. The van der Waals surface area contributed by atoms with E-state index in [-0.39, 0.29) is 23.4 Å². The van der Waals surface area contributed by atoms with Gasteiger partial charge in [0.15, 0.2) is 0 Å². The van der Waals surface area contributed by atoms with E-state index in [0.717, 1.165) is 47.0 Å². The molecule has 3 aliphatic rings. The average Bonchev–Trinajstić information content (AvgIpc) is 3.63. The average molecular weight is 615 g/mol. The van der Waals surface area contributed by atoms with E-state index in [4.69, 9.17) is 17.3 Å². The number of hydrogen-bond donors (Lipinski definition) is 1. The second-order valence-corrected chi connectivity index (χ2v) is 13.4. The van der Waals surface area contributed by atoms with Gasteiger partial charge in [0, 0.05) is 54.8 Å². The van der Waals surface area contributed by atoms with Gasteiger partial charge in [0.25, 0.3) is 0 Å². The molecular weight excluding hydrogens is 575 g/mol. The van der Waals surface area contributed by atoms with E-state index in [2.05, 4.69) is 71.4 Å². The molecule has 3 amide bonds. The van der Waals surface area contributed by atoms with E-state index >= 15 is 0 Å². The summed E-state index contributed by atoms with van der Waals surface area (Å²) in [5, 5.41) is 0.826. The van der Waals surface area contributed by atoms with Crippen LogP contribution in [0, 0.1) is 20.8 Å². The predicted octanol–water partition coefficient (Wildman–Crippen LogP) is 5.53. The summed E-state index contributed by atoms with van der Waals surface area (Å²) in [4.78, 5) is 31.4. The van der Waals surface area contributed by atoms with Crippen LogP contribution in [0.2, 0.25) is 5.02 Å². The van der Waals surface area contributed by atoms with Gasteiger partial charge in [0.05, 0.1) is 5.02 Å². The third-order valence-corrected chi connectivity index (χ3v) is 9.72. The molecule has 4 rings (SSSR count). The lowest BCUT2D eigenvalue weighted by atomic mass is 9.82. The Hall–Kier alpha value is -1.06. The van der Waals surface area contributed by atoms with Gasteiger partial charge in [0.2, 0.25) is 5.91 Å². The van der Waals surface area contributed by atoms with Crippen LogP contribution in [0.1, 0.15) is 70.9 Å². The molecule has 2 heterocycles. The van der Waals surface area contributed by atoms with Gasteiger partial charge >= 0.3 is 6.03 Å². The quantitative estimate of drug-likeness (QED) is 0.429. The Morgan fingerprint density at radius 3 is 2.34 bits per heavy atom. The second-order valence-electron chi connectivity index (χ2n) is 11.8. The van der Waals surface area contributed by atoms with Crippen LogP contribution >= 0.6 is 34.2 Å². The number of rotatable bonds is 6. The molecule has 2 atom stereocenters. The maximum absolute atomic E-state index is 13.5. The van der Waals surface area contributed by atoms with E-state index in [1.165, 1.54) is 24.8 Å². The van der Waals surface area contributed by atoms with E-state index in [0.29, 0.717) is 31.5 Å². The Bertz CT molecular complexity index is 924. The summed E-state index contributed by atoms with van der Waals surface area (Å²) in [6, 6.07) is 6.67. The van der Waals surface area contributed by atoms with Crippen molar-refractivity contribution in [3.05, 3.63) is 32.4 Å². The molecule has 1 aromatic rings. The first-order valence-corrected chi connectivity index (χ1v) is 14.5. The van der Waals surface area contributed by atoms with Crippen molar-refractivity contribution in [1.82, 2.24) is 14.7 Å². The van der Waals surface area contributed by atoms with Crippen LogP contribution in [-0.2, 0) is 4.79 Å². The number of piperazine rings is 1. The number of halogens is 2. The van der Waals surface area contributed by atoms with Crippen molar-refractivity contribution < 1.29 is 9.59 Å². The van der Waals surface area contributed by atoms with Crippen molar-refractivity contribution in [2.24, 2.45) is 23.0 Å². The monoisotopic (exact) mass is 614 g/mol. The van der Waals surface area contributed by atoms with E-state index < -0.39 is 0 Å². The fourth-order valence-electron chi connectivity index (χ4n) is 5.73. The van der Waals surface area contributed by atoms with Gasteiger partial charge in [-0.2, -0.15) is 0 Å². The summed E-state index contributed by atoms with van der Waals surface area (Å²) in [6.45, 7) is 10.6. The highest BCUT2D eigenvalue weighted by Gasteiger charge is 2.41. The van der Waals surface area contributed by atoms with Crippen LogP contribution in [0.25, 0.3) is 0 Å². The van der Waals surface area contributed by atoms with Crippen LogP contribution in [0.15, 0.2) is 18.2 Å². The number of primary amides is 1. The van der Waals surface area contributed by atoms with Crippen molar-refractivity contribution in [1.29, 1.82) is 0 Å². The number of amides is 3. The standard InChI is InChI=1S/C27H40ClIN4O2/c1-27(2,3)24-17-32(23(14-18-4-5-18)20-6-7-22(29)21(28)16-20)12-13-33(24)25(34)15-19-8-10-31(11-9-19)26(30)35/h6-7,16,18-19,23-24H,4-5,8-15,17H2,1-3H3,(H2,30,35)/t23?,24-/m1/s1. The van der Waals surface area contributed by atoms with Crippen molar-refractivity contribution in [2.75, 3.05) is 32.7 Å². The largest absolute Gasteiger partial charge is 0.351 e. The molecule has 1 aromatic carbocycles. The van der Waals surface area contributed by atoms with Gasteiger partial charge in [-0.25, -0.2) is 4.79 Å². The molecule has 1 aliphatic carbocycles. The summed E-state index contributed by atoms with van der Waals surface area (Å²) in [6.07, 6.45) is 6.09. The van der Waals surface area contributed by atoms with Crippen LogP contribution < -0.4 is 5.73 Å². The highest BCUT2D eigenvalue weighted by molar-refractivity contribution is 14.1. The predicted molar refractivity (Wildman–Crippen MR) is 149 cm³/mol. The fraction of sp³-hybridized carbons (Fsp3) is 0.704. The molecule has 35 heavy (non-hydrogen) atoms. The zero-order valence-corrected chi connectivity index (χ0v) is 24.2. The zero-order chi connectivity index (χ0) is 25.3. The first-order valence-electron chi connectivity index (χ1n) is 13.1. The molecule has 194 valence electrons. The van der Waals surface area contributed by atoms with Crippen molar-refractivity contribution >= 4 is 46.1 Å². The molecule has 3 fully saturated rings. The number of benzene rings is 1. The van der Waals surface area contributed by atoms with Gasteiger partial charge in [-0.3, -0.25) is 9.69 Å². The lowest BCUT2D eigenvalue weighted by Crippen LogP contribution is -2.60. The zero-order valence-electron chi connectivity index (χ0n) is 21.3. The highest BCUT2D eigenvalue weighted by atomic mass is 127. The highest BCUT2D eigenvalue weighted by Crippen LogP contribution is 2.42. The molecule has 1 unspecified atom stereocenters. The molecule has 1 saturated carbocycles. The molecule has 2 N–H and O–H groups in total. The summed E-state index contributed by atoms with van der Waals surface area (Å²) in [5.41, 5.74) is 6.71. The van der Waals surface area contributed by atoms with Gasteiger partial charge in [0.1, 0.15) is 0 Å².